The summed E-state index contributed by atoms with van der Waals surface area (Å²) in [6.07, 6.45) is 1.60. The number of aromatic hydroxyl groups is 1. The highest BCUT2D eigenvalue weighted by Crippen LogP contribution is 2.42. The number of nitrogens with zero attached hydrogens (tertiary/aromatic N) is 2. The predicted octanol–water partition coefficient (Wildman–Crippen LogP) is 4.46. The number of aliphatic hydroxyl groups excluding tert-OH is 1. The summed E-state index contributed by atoms with van der Waals surface area (Å²) >= 11 is 6.33. The van der Waals surface area contributed by atoms with Gasteiger partial charge in [-0.3, -0.25) is 14.6 Å². The minimum Gasteiger partial charge on any atom is -0.508 e. The van der Waals surface area contributed by atoms with Crippen LogP contribution in [0.3, 0.4) is 0 Å². The fourth-order valence-corrected chi connectivity index (χ4v) is 4.01. The van der Waals surface area contributed by atoms with Crippen LogP contribution in [0.2, 0.25) is 5.02 Å². The fourth-order valence-electron chi connectivity index (χ4n) is 3.80. The van der Waals surface area contributed by atoms with Crippen LogP contribution in [0.25, 0.3) is 5.76 Å². The number of ketones is 1. The van der Waals surface area contributed by atoms with Gasteiger partial charge in [-0.1, -0.05) is 29.8 Å². The molecule has 1 fully saturated rings. The van der Waals surface area contributed by atoms with Crippen LogP contribution >= 0.6 is 11.6 Å². The number of Topliss-reactive ketones (excluding diaryl/α,β-unsaturated/α-hetero) is 1. The van der Waals surface area contributed by atoms with Gasteiger partial charge in [0, 0.05) is 11.8 Å². The number of amides is 1. The monoisotopic (exact) mass is 464 g/mol. The zero-order valence-electron chi connectivity index (χ0n) is 17.7. The number of likely N-dealkylation sites (tertiary alicyclic amines) is 1. The molecule has 8 heteroatoms. The van der Waals surface area contributed by atoms with Gasteiger partial charge in [-0.25, -0.2) is 0 Å². The Morgan fingerprint density at radius 2 is 1.88 bits per heavy atom. The molecule has 0 radical (unpaired) electrons. The van der Waals surface area contributed by atoms with Gasteiger partial charge in [0.25, 0.3) is 11.7 Å². The summed E-state index contributed by atoms with van der Waals surface area (Å²) in [4.78, 5) is 31.8. The van der Waals surface area contributed by atoms with Crippen molar-refractivity contribution in [3.63, 3.8) is 0 Å². The molecule has 0 saturated carbocycles. The van der Waals surface area contributed by atoms with Gasteiger partial charge in [0.05, 0.1) is 35.5 Å². The number of aromatic nitrogens is 1. The van der Waals surface area contributed by atoms with Crippen molar-refractivity contribution in [3.8, 4) is 11.5 Å². The second kappa shape index (κ2) is 9.34. The molecule has 1 atom stereocenters. The van der Waals surface area contributed by atoms with Crippen LogP contribution in [0.4, 0.5) is 0 Å². The minimum atomic E-state index is -0.903. The summed E-state index contributed by atoms with van der Waals surface area (Å²) in [6, 6.07) is 15.2. The topological polar surface area (TPSA) is 100.0 Å². The second-order valence-corrected chi connectivity index (χ2v) is 7.82. The first-order chi connectivity index (χ1) is 15.9. The third-order valence-electron chi connectivity index (χ3n) is 5.31. The van der Waals surface area contributed by atoms with Crippen molar-refractivity contribution >= 4 is 29.1 Å². The molecule has 1 aliphatic heterocycles. The molecule has 1 aliphatic rings. The lowest BCUT2D eigenvalue weighted by molar-refractivity contribution is -0.140. The number of phenolic OH excluding ortho intramolecular Hbond substituents is 1. The number of carbonyl (C=O) groups is 2. The molecule has 1 saturated heterocycles. The Morgan fingerprint density at radius 3 is 2.55 bits per heavy atom. The van der Waals surface area contributed by atoms with E-state index in [1.807, 2.05) is 6.92 Å². The van der Waals surface area contributed by atoms with Crippen molar-refractivity contribution in [2.24, 2.45) is 0 Å². The average Bonchev–Trinajstić information content (AvgIpc) is 3.06. The van der Waals surface area contributed by atoms with E-state index >= 15 is 0 Å². The molecule has 1 aromatic heterocycles. The van der Waals surface area contributed by atoms with Crippen molar-refractivity contribution in [3.05, 3.63) is 94.3 Å². The number of pyridine rings is 1. The smallest absolute Gasteiger partial charge is 0.296 e. The third kappa shape index (κ3) is 4.40. The van der Waals surface area contributed by atoms with Crippen LogP contribution in [0.1, 0.15) is 29.8 Å². The molecule has 7 nitrogen and oxygen atoms in total. The van der Waals surface area contributed by atoms with Crippen LogP contribution in [0, 0.1) is 0 Å². The van der Waals surface area contributed by atoms with Crippen LogP contribution in [0.15, 0.2) is 72.4 Å². The molecular formula is C25H21ClN2O5. The average molecular weight is 465 g/mol. The van der Waals surface area contributed by atoms with Gasteiger partial charge in [0.1, 0.15) is 17.3 Å². The lowest BCUT2D eigenvalue weighted by atomic mass is 9.95. The standard InChI is InChI=1S/C25H21ClN2O5/c1-2-33-18-10-11-20(26)19(13-18)23(30)21-22(15-6-8-17(29)9-7-15)28(25(32)24(21)31)14-16-5-3-4-12-27-16/h3-13,22,29-30H,2,14H2,1H3/b23-21+. The Kier molecular flexibility index (Phi) is 6.33. The van der Waals surface area contributed by atoms with E-state index in [0.29, 0.717) is 23.6 Å². The highest BCUT2D eigenvalue weighted by Gasteiger charge is 2.46. The SMILES string of the molecule is CCOc1ccc(Cl)c(/C(O)=C2\C(=O)C(=O)N(Cc3ccccn3)C2c2ccc(O)cc2)c1. The van der Waals surface area contributed by atoms with E-state index in [9.17, 15) is 19.8 Å². The lowest BCUT2D eigenvalue weighted by Crippen LogP contribution is -2.29. The molecule has 2 aromatic carbocycles. The number of aliphatic hydroxyl groups is 1. The van der Waals surface area contributed by atoms with Gasteiger partial charge in [-0.15, -0.1) is 0 Å². The van der Waals surface area contributed by atoms with E-state index in [-0.39, 0.29) is 28.5 Å². The normalized spacial score (nSPS) is 17.4. The largest absolute Gasteiger partial charge is 0.508 e. The summed E-state index contributed by atoms with van der Waals surface area (Å²) < 4.78 is 5.50. The molecular weight excluding hydrogens is 444 g/mol. The third-order valence-corrected chi connectivity index (χ3v) is 5.64. The van der Waals surface area contributed by atoms with Gasteiger partial charge in [0.2, 0.25) is 0 Å². The van der Waals surface area contributed by atoms with Crippen molar-refractivity contribution in [1.29, 1.82) is 0 Å². The highest BCUT2D eigenvalue weighted by atomic mass is 35.5. The fraction of sp³-hybridized carbons (Fsp3) is 0.160. The van der Waals surface area contributed by atoms with Crippen molar-refractivity contribution in [2.75, 3.05) is 6.61 Å². The number of rotatable bonds is 6. The summed E-state index contributed by atoms with van der Waals surface area (Å²) in [7, 11) is 0. The Morgan fingerprint density at radius 1 is 1.12 bits per heavy atom. The van der Waals surface area contributed by atoms with E-state index in [1.165, 1.54) is 23.1 Å². The number of halogens is 1. The first-order valence-electron chi connectivity index (χ1n) is 10.3. The Bertz CT molecular complexity index is 1230. The summed E-state index contributed by atoms with van der Waals surface area (Å²) in [6.45, 7) is 2.28. The number of carbonyl (C=O) groups excluding carboxylic acids is 2. The molecule has 3 aromatic rings. The molecule has 2 N–H and O–H groups in total. The summed E-state index contributed by atoms with van der Waals surface area (Å²) in [5.74, 6) is -1.50. The number of ether oxygens (including phenoxy) is 1. The van der Waals surface area contributed by atoms with Crippen LogP contribution in [-0.4, -0.2) is 38.4 Å². The van der Waals surface area contributed by atoms with Gasteiger partial charge < -0.3 is 19.8 Å². The molecule has 1 unspecified atom stereocenters. The Balaban J connectivity index is 1.88. The quantitative estimate of drug-likeness (QED) is 0.317. The van der Waals surface area contributed by atoms with E-state index in [0.717, 1.165) is 0 Å². The lowest BCUT2D eigenvalue weighted by Gasteiger charge is -2.25. The number of hydrogen-bond donors (Lipinski definition) is 2. The maximum absolute atomic E-state index is 13.1. The zero-order chi connectivity index (χ0) is 23.5. The van der Waals surface area contributed by atoms with Crippen LogP contribution < -0.4 is 4.74 Å². The molecule has 0 spiro atoms. The van der Waals surface area contributed by atoms with E-state index in [2.05, 4.69) is 4.98 Å². The molecule has 1 amide bonds. The van der Waals surface area contributed by atoms with Gasteiger partial charge >= 0.3 is 0 Å². The van der Waals surface area contributed by atoms with Gasteiger partial charge in [-0.05, 0) is 55.0 Å². The first kappa shape index (κ1) is 22.4. The van der Waals surface area contributed by atoms with Crippen molar-refractivity contribution in [1.82, 2.24) is 9.88 Å². The molecule has 33 heavy (non-hydrogen) atoms. The Hall–Kier alpha value is -3.84. The molecule has 4 rings (SSSR count). The number of hydrogen-bond acceptors (Lipinski definition) is 6. The number of phenols is 1. The van der Waals surface area contributed by atoms with E-state index < -0.39 is 23.5 Å². The van der Waals surface area contributed by atoms with Crippen molar-refractivity contribution in [2.45, 2.75) is 19.5 Å². The molecule has 2 heterocycles. The summed E-state index contributed by atoms with van der Waals surface area (Å²) in [5.41, 5.74) is 1.21. The maximum Gasteiger partial charge on any atom is 0.296 e. The van der Waals surface area contributed by atoms with Crippen LogP contribution in [-0.2, 0) is 16.1 Å². The number of benzene rings is 2. The van der Waals surface area contributed by atoms with Crippen molar-refractivity contribution < 1.29 is 24.5 Å². The predicted molar refractivity (Wildman–Crippen MR) is 123 cm³/mol. The summed E-state index contributed by atoms with van der Waals surface area (Å²) in [5, 5.41) is 21.2. The second-order valence-electron chi connectivity index (χ2n) is 7.41. The molecule has 0 aliphatic carbocycles. The zero-order valence-corrected chi connectivity index (χ0v) is 18.5. The van der Waals surface area contributed by atoms with Gasteiger partial charge in [0.15, 0.2) is 0 Å². The highest BCUT2D eigenvalue weighted by molar-refractivity contribution is 6.47. The van der Waals surface area contributed by atoms with E-state index in [1.54, 1.807) is 48.7 Å². The van der Waals surface area contributed by atoms with Crippen LogP contribution in [0.5, 0.6) is 11.5 Å². The Labute approximate surface area is 195 Å². The minimum absolute atomic E-state index is 0.0351. The van der Waals surface area contributed by atoms with E-state index in [4.69, 9.17) is 16.3 Å². The maximum atomic E-state index is 13.1. The first-order valence-corrected chi connectivity index (χ1v) is 10.7. The molecule has 168 valence electrons. The molecule has 0 bridgehead atoms. The van der Waals surface area contributed by atoms with Gasteiger partial charge in [-0.2, -0.15) is 0 Å².